The van der Waals surface area contributed by atoms with E-state index in [0.717, 1.165) is 50.3 Å². The number of amides is 1. The number of hydrogen-bond donors (Lipinski definition) is 1. The van der Waals surface area contributed by atoms with Crippen LogP contribution in [0.1, 0.15) is 35.9 Å². The molecule has 0 bridgehead atoms. The van der Waals surface area contributed by atoms with Crippen LogP contribution in [-0.4, -0.2) is 44.1 Å². The lowest BCUT2D eigenvalue weighted by atomic mass is 9.97. The first kappa shape index (κ1) is 15.3. The second kappa shape index (κ2) is 7.64. The first-order chi connectivity index (χ1) is 9.76. The van der Waals surface area contributed by atoms with Gasteiger partial charge in [-0.25, -0.2) is 0 Å². The van der Waals surface area contributed by atoms with Gasteiger partial charge in [0, 0.05) is 13.1 Å². The predicted octanol–water partition coefficient (Wildman–Crippen LogP) is 2.61. The lowest BCUT2D eigenvalue weighted by molar-refractivity contribution is 0.0718. The summed E-state index contributed by atoms with van der Waals surface area (Å²) >= 11 is 1.47. The first-order valence-electron chi connectivity index (χ1n) is 7.37. The summed E-state index contributed by atoms with van der Waals surface area (Å²) in [6.45, 7) is 5.95. The topological polar surface area (TPSA) is 41.6 Å². The number of nitrogens with zero attached hydrogens (tertiary/aromatic N) is 1. The third-order valence-corrected chi connectivity index (χ3v) is 4.64. The van der Waals surface area contributed by atoms with Crippen molar-refractivity contribution in [2.45, 2.75) is 26.2 Å². The Morgan fingerprint density at radius 1 is 1.50 bits per heavy atom. The number of nitrogens with one attached hydrogen (secondary N) is 1. The lowest BCUT2D eigenvalue weighted by Gasteiger charge is -2.30. The van der Waals surface area contributed by atoms with E-state index in [4.69, 9.17) is 4.74 Å². The van der Waals surface area contributed by atoms with E-state index in [1.54, 1.807) is 7.11 Å². The molecule has 0 aromatic carbocycles. The van der Waals surface area contributed by atoms with Crippen LogP contribution in [0.25, 0.3) is 0 Å². The highest BCUT2D eigenvalue weighted by atomic mass is 32.1. The van der Waals surface area contributed by atoms with E-state index in [0.29, 0.717) is 11.7 Å². The van der Waals surface area contributed by atoms with Crippen molar-refractivity contribution in [3.63, 3.8) is 0 Å². The molecule has 0 spiro atoms. The first-order valence-corrected chi connectivity index (χ1v) is 8.25. The molecule has 0 aliphatic carbocycles. The van der Waals surface area contributed by atoms with Gasteiger partial charge in [-0.15, -0.1) is 11.3 Å². The Morgan fingerprint density at radius 3 is 2.90 bits per heavy atom. The van der Waals surface area contributed by atoms with Gasteiger partial charge in [0.15, 0.2) is 0 Å². The van der Waals surface area contributed by atoms with Gasteiger partial charge in [-0.05, 0) is 49.7 Å². The Morgan fingerprint density at radius 2 is 2.25 bits per heavy atom. The molecule has 20 heavy (non-hydrogen) atoms. The molecule has 1 N–H and O–H groups in total. The van der Waals surface area contributed by atoms with Gasteiger partial charge in [-0.3, -0.25) is 4.79 Å². The van der Waals surface area contributed by atoms with Crippen LogP contribution in [0.5, 0.6) is 5.75 Å². The summed E-state index contributed by atoms with van der Waals surface area (Å²) < 4.78 is 5.28. The molecule has 0 atom stereocenters. The van der Waals surface area contributed by atoms with E-state index < -0.39 is 0 Å². The van der Waals surface area contributed by atoms with E-state index in [9.17, 15) is 4.79 Å². The van der Waals surface area contributed by atoms with Crippen molar-refractivity contribution in [3.8, 4) is 5.75 Å². The average Bonchev–Trinajstić information content (AvgIpc) is 2.95. The van der Waals surface area contributed by atoms with E-state index in [1.165, 1.54) is 11.3 Å². The fourth-order valence-corrected chi connectivity index (χ4v) is 3.50. The minimum absolute atomic E-state index is 0.122. The number of ether oxygens (including phenoxy) is 1. The normalized spacial score (nSPS) is 16.1. The van der Waals surface area contributed by atoms with Crippen molar-refractivity contribution < 1.29 is 9.53 Å². The van der Waals surface area contributed by atoms with Crippen LogP contribution in [-0.2, 0) is 0 Å². The van der Waals surface area contributed by atoms with Crippen molar-refractivity contribution in [3.05, 3.63) is 16.3 Å². The summed E-state index contributed by atoms with van der Waals surface area (Å²) in [7, 11) is 1.62. The molecule has 2 heterocycles. The maximum atomic E-state index is 12.7. The maximum absolute atomic E-state index is 12.7. The minimum atomic E-state index is 0.122. The molecular formula is C15H24N2O2S. The molecule has 112 valence electrons. The molecule has 1 aliphatic heterocycles. The highest BCUT2D eigenvalue weighted by Crippen LogP contribution is 2.27. The molecule has 0 unspecified atom stereocenters. The third-order valence-electron chi connectivity index (χ3n) is 3.76. The van der Waals surface area contributed by atoms with Gasteiger partial charge in [-0.2, -0.15) is 0 Å². The molecular weight excluding hydrogens is 272 g/mol. The van der Waals surface area contributed by atoms with Gasteiger partial charge in [0.1, 0.15) is 10.6 Å². The third kappa shape index (κ3) is 3.73. The van der Waals surface area contributed by atoms with Crippen molar-refractivity contribution in [1.29, 1.82) is 0 Å². The number of carbonyl (C=O) groups is 1. The quantitative estimate of drug-likeness (QED) is 0.877. The Balaban J connectivity index is 2.04. The van der Waals surface area contributed by atoms with E-state index in [2.05, 4.69) is 12.2 Å². The summed E-state index contributed by atoms with van der Waals surface area (Å²) in [4.78, 5) is 15.4. The van der Waals surface area contributed by atoms with Crippen LogP contribution in [0.4, 0.5) is 0 Å². The predicted molar refractivity (Wildman–Crippen MR) is 82.7 cm³/mol. The van der Waals surface area contributed by atoms with Crippen molar-refractivity contribution in [2.75, 3.05) is 33.3 Å². The SMILES string of the molecule is CCCN(CC1CCNCC1)C(=O)c1sccc1OC. The standard InChI is InChI=1S/C15H24N2O2S/c1-3-9-17(11-12-4-7-16-8-5-12)15(18)14-13(19-2)6-10-20-14/h6,10,12,16H,3-5,7-9,11H2,1-2H3. The van der Waals surface area contributed by atoms with Crippen LogP contribution >= 0.6 is 11.3 Å². The smallest absolute Gasteiger partial charge is 0.267 e. The van der Waals surface area contributed by atoms with Gasteiger partial charge < -0.3 is 15.0 Å². The number of thiophene rings is 1. The Hall–Kier alpha value is -1.07. The van der Waals surface area contributed by atoms with Gasteiger partial charge in [0.25, 0.3) is 5.91 Å². The molecule has 4 nitrogen and oxygen atoms in total. The Labute approximate surface area is 125 Å². The molecule has 1 aliphatic rings. The lowest BCUT2D eigenvalue weighted by Crippen LogP contribution is -2.39. The average molecular weight is 296 g/mol. The van der Waals surface area contributed by atoms with Gasteiger partial charge in [0.05, 0.1) is 7.11 Å². The van der Waals surface area contributed by atoms with Gasteiger partial charge >= 0.3 is 0 Å². The summed E-state index contributed by atoms with van der Waals surface area (Å²) in [5.41, 5.74) is 0. The van der Waals surface area contributed by atoms with E-state index in [-0.39, 0.29) is 5.91 Å². The Bertz CT molecular complexity index is 427. The molecule has 1 fully saturated rings. The second-order valence-electron chi connectivity index (χ2n) is 5.26. The van der Waals surface area contributed by atoms with Crippen molar-refractivity contribution in [2.24, 2.45) is 5.92 Å². The zero-order valence-corrected chi connectivity index (χ0v) is 13.2. The van der Waals surface area contributed by atoms with Crippen LogP contribution in [0.15, 0.2) is 11.4 Å². The zero-order chi connectivity index (χ0) is 14.4. The Kier molecular flexibility index (Phi) is 5.86. The summed E-state index contributed by atoms with van der Waals surface area (Å²) in [6, 6.07) is 1.87. The van der Waals surface area contributed by atoms with E-state index in [1.807, 2.05) is 16.3 Å². The fraction of sp³-hybridized carbons (Fsp3) is 0.667. The van der Waals surface area contributed by atoms with Crippen molar-refractivity contribution in [1.82, 2.24) is 10.2 Å². The van der Waals surface area contributed by atoms with Crippen LogP contribution in [0, 0.1) is 5.92 Å². The van der Waals surface area contributed by atoms with Crippen molar-refractivity contribution >= 4 is 17.2 Å². The van der Waals surface area contributed by atoms with Crippen LogP contribution < -0.4 is 10.1 Å². The maximum Gasteiger partial charge on any atom is 0.267 e. The number of piperidine rings is 1. The summed E-state index contributed by atoms with van der Waals surface area (Å²) in [5, 5.41) is 5.29. The van der Waals surface area contributed by atoms with Crippen LogP contribution in [0.2, 0.25) is 0 Å². The number of carbonyl (C=O) groups excluding carboxylic acids is 1. The van der Waals surface area contributed by atoms with E-state index >= 15 is 0 Å². The number of hydrogen-bond acceptors (Lipinski definition) is 4. The molecule has 1 aromatic heterocycles. The summed E-state index contributed by atoms with van der Waals surface area (Å²) in [6.07, 6.45) is 3.31. The second-order valence-corrected chi connectivity index (χ2v) is 6.18. The minimum Gasteiger partial charge on any atom is -0.495 e. The monoisotopic (exact) mass is 296 g/mol. The fourth-order valence-electron chi connectivity index (χ4n) is 2.68. The molecule has 1 amide bonds. The number of methoxy groups -OCH3 is 1. The zero-order valence-electron chi connectivity index (χ0n) is 12.4. The highest BCUT2D eigenvalue weighted by Gasteiger charge is 2.24. The molecule has 2 rings (SSSR count). The highest BCUT2D eigenvalue weighted by molar-refractivity contribution is 7.12. The molecule has 1 saturated heterocycles. The summed E-state index contributed by atoms with van der Waals surface area (Å²) in [5.74, 6) is 1.45. The molecule has 0 radical (unpaired) electrons. The molecule has 0 saturated carbocycles. The largest absolute Gasteiger partial charge is 0.495 e. The molecule has 1 aromatic rings. The van der Waals surface area contributed by atoms with Gasteiger partial charge in [0.2, 0.25) is 0 Å². The van der Waals surface area contributed by atoms with Gasteiger partial charge in [-0.1, -0.05) is 6.92 Å². The number of rotatable bonds is 6. The molecule has 5 heteroatoms. The van der Waals surface area contributed by atoms with Crippen LogP contribution in [0.3, 0.4) is 0 Å².